The van der Waals surface area contributed by atoms with E-state index in [2.05, 4.69) is 80.8 Å². The number of aliphatic carboxylic acids is 1. The summed E-state index contributed by atoms with van der Waals surface area (Å²) in [7, 11) is 0. The Bertz CT molecular complexity index is 3180. The zero-order valence-electron chi connectivity index (χ0n) is 59.8. The summed E-state index contributed by atoms with van der Waals surface area (Å²) in [5.74, 6) is -12.6. The van der Waals surface area contributed by atoms with Crippen molar-refractivity contribution in [1.29, 1.82) is 0 Å². The maximum atomic E-state index is 14.8. The molecule has 1 aliphatic heterocycles. The van der Waals surface area contributed by atoms with Crippen LogP contribution in [0, 0.1) is 23.7 Å². The summed E-state index contributed by atoms with van der Waals surface area (Å²) in [4.78, 5) is 180. The molecule has 26 N–H and O–H groups in total. The van der Waals surface area contributed by atoms with Gasteiger partial charge in [0.25, 0.3) is 0 Å². The molecule has 0 aliphatic carbocycles. The predicted molar refractivity (Wildman–Crippen MR) is 386 cm³/mol. The number of fused-ring (bicyclic) bond motifs is 1. The molecule has 13 atom stereocenters. The first-order valence-corrected chi connectivity index (χ1v) is 35.4. The third-order valence-electron chi connectivity index (χ3n) is 17.2. The summed E-state index contributed by atoms with van der Waals surface area (Å²) in [5, 5.41) is 56.4. The van der Waals surface area contributed by atoms with Gasteiger partial charge in [0, 0.05) is 48.9 Å². The topological polar surface area (TPSA) is 586 Å². The van der Waals surface area contributed by atoms with E-state index in [0.29, 0.717) is 35.7 Å². The quantitative estimate of drug-likeness (QED) is 0.0130. The molecule has 1 fully saturated rings. The van der Waals surface area contributed by atoms with Gasteiger partial charge < -0.3 is 113 Å². The van der Waals surface area contributed by atoms with Crippen LogP contribution in [-0.2, 0) is 64.0 Å². The molecule has 3 rings (SSSR count). The van der Waals surface area contributed by atoms with Gasteiger partial charge in [0.15, 0.2) is 11.9 Å². The molecule has 2 aromatic rings. The van der Waals surface area contributed by atoms with Gasteiger partial charge in [-0.25, -0.2) is 4.79 Å². The number of H-pyrrole nitrogens is 1. The van der Waals surface area contributed by atoms with Crippen LogP contribution < -0.4 is 87.6 Å². The molecular formula is C66H112N20O15S. The van der Waals surface area contributed by atoms with Crippen LogP contribution >= 0.6 is 12.6 Å². The third kappa shape index (κ3) is 28.9. The third-order valence-corrected chi connectivity index (χ3v) is 17.6. The van der Waals surface area contributed by atoms with Crippen molar-refractivity contribution < 1.29 is 72.9 Å². The van der Waals surface area contributed by atoms with Crippen molar-refractivity contribution in [2.24, 2.45) is 68.1 Å². The first kappa shape index (κ1) is 87.3. The van der Waals surface area contributed by atoms with Crippen LogP contribution in [0.5, 0.6) is 0 Å². The van der Waals surface area contributed by atoms with Crippen molar-refractivity contribution in [1.82, 2.24) is 63.1 Å². The molecular weight excluding hydrogens is 1340 g/mol. The number of guanidine groups is 2. The number of aliphatic hydroxyl groups is 2. The highest BCUT2D eigenvalue weighted by atomic mass is 32.1. The van der Waals surface area contributed by atoms with E-state index in [1.807, 2.05) is 20.8 Å². The number of rotatable bonds is 46. The fourth-order valence-corrected chi connectivity index (χ4v) is 11.5. The Morgan fingerprint density at radius 2 is 1.04 bits per heavy atom. The van der Waals surface area contributed by atoms with E-state index in [4.69, 9.17) is 34.4 Å². The molecule has 0 spiro atoms. The van der Waals surface area contributed by atoms with Crippen molar-refractivity contribution >= 4 is 106 Å². The zero-order chi connectivity index (χ0) is 76.5. The highest BCUT2D eigenvalue weighted by Gasteiger charge is 2.41. The molecule has 1 aromatic heterocycles. The molecule has 1 saturated heterocycles. The van der Waals surface area contributed by atoms with Gasteiger partial charge in [-0.3, -0.25) is 62.7 Å². The van der Waals surface area contributed by atoms with Crippen LogP contribution in [0.2, 0.25) is 0 Å². The Labute approximate surface area is 600 Å². The number of aromatic amines is 1. The number of nitrogens with one attached hydrogen (secondary N) is 11. The van der Waals surface area contributed by atoms with E-state index in [1.165, 1.54) is 4.90 Å². The number of amides is 11. The summed E-state index contributed by atoms with van der Waals surface area (Å²) in [5.41, 5.74) is 35.7. The summed E-state index contributed by atoms with van der Waals surface area (Å²) in [6.45, 7) is 12.4. The number of nitrogens with zero attached hydrogens (tertiary/aromatic N) is 3. The Kier molecular flexibility index (Phi) is 38.1. The highest BCUT2D eigenvalue weighted by Crippen LogP contribution is 2.23. The fourth-order valence-electron chi connectivity index (χ4n) is 11.2. The number of likely N-dealkylation sites (tertiary alicyclic amines) is 1. The Morgan fingerprint density at radius 1 is 0.578 bits per heavy atom. The fraction of sp³-hybridized carbons (Fsp3) is 0.667. The van der Waals surface area contributed by atoms with E-state index in [-0.39, 0.29) is 126 Å². The number of unbranched alkanes of at least 4 members (excludes halogenated alkanes) is 1. The van der Waals surface area contributed by atoms with Gasteiger partial charge in [0.05, 0.1) is 19.3 Å². The minimum Gasteiger partial charge on any atom is -0.480 e. The molecule has 0 radical (unpaired) electrons. The number of para-hydroxylation sites is 1. The zero-order valence-corrected chi connectivity index (χ0v) is 60.7. The smallest absolute Gasteiger partial charge is 0.328 e. The van der Waals surface area contributed by atoms with Gasteiger partial charge in [-0.05, 0) is 112 Å². The van der Waals surface area contributed by atoms with E-state index >= 15 is 0 Å². The molecule has 36 heteroatoms. The second-order valence-corrected chi connectivity index (χ2v) is 27.1. The van der Waals surface area contributed by atoms with Crippen molar-refractivity contribution in [2.45, 2.75) is 211 Å². The standard InChI is InChI=1S/C66H112N20O15S/c1-9-37(8)51(68)61(97)80-44(27-34(2)3)56(92)77-43(21-15-25-74-66(71)72)54(90)79-45(29-38-30-75-40-18-11-10-17-39(38)40)57(93)82-47(31-87)58(94)78-42(20-14-24-73-65(69)70)53(89)76-41(19-12-13-23-67)55(91)81-46(28-35(4)5)63(99)86-26-16-22-50(86)60(96)84-49(33-102)59(95)85-52(36(6)7)62(98)83-48(32-88)64(100)101/h10-11,17-18,30,34-37,41-52,75,87-88,102H,9,12-16,19-29,31-33,67-68H2,1-8H3,(H,76,89)(H,77,92)(H,78,94)(H,79,90)(H,80,97)(H,81,91)(H,82,93)(H,83,98)(H,84,96)(H,85,95)(H,100,101)(H4,69,70,73)(H4,71,72,74)/t37-,41-,42-,43-,44-,45-,46-,47-,48-,49-,50-,51-,52-/m0/s1. The van der Waals surface area contributed by atoms with Crippen LogP contribution in [0.25, 0.3) is 10.9 Å². The van der Waals surface area contributed by atoms with Gasteiger partial charge >= 0.3 is 5.97 Å². The predicted octanol–water partition coefficient (Wildman–Crippen LogP) is -4.09. The van der Waals surface area contributed by atoms with Crippen molar-refractivity contribution in [3.05, 3.63) is 36.0 Å². The van der Waals surface area contributed by atoms with Gasteiger partial charge in [-0.15, -0.1) is 0 Å². The monoisotopic (exact) mass is 1460 g/mol. The summed E-state index contributed by atoms with van der Waals surface area (Å²) in [6, 6.07) is -9.32. The van der Waals surface area contributed by atoms with E-state index in [0.717, 1.165) is 0 Å². The number of benzene rings is 1. The maximum absolute atomic E-state index is 14.8. The van der Waals surface area contributed by atoms with Crippen molar-refractivity contribution in [3.63, 3.8) is 0 Å². The maximum Gasteiger partial charge on any atom is 0.328 e. The summed E-state index contributed by atoms with van der Waals surface area (Å²) in [6.07, 6.45) is 3.28. The lowest BCUT2D eigenvalue weighted by Gasteiger charge is -2.32. The number of hydrogen-bond acceptors (Lipinski definition) is 19. The largest absolute Gasteiger partial charge is 0.480 e. The Balaban J connectivity index is 1.98. The number of aliphatic hydroxyl groups excluding tert-OH is 2. The van der Waals surface area contributed by atoms with Gasteiger partial charge in [0.2, 0.25) is 65.0 Å². The number of carboxylic acid groups (broad SMARTS) is 1. The number of hydrogen-bond donors (Lipinski definition) is 21. The van der Waals surface area contributed by atoms with Crippen LogP contribution in [0.1, 0.15) is 138 Å². The summed E-state index contributed by atoms with van der Waals surface area (Å²) < 4.78 is 0. The van der Waals surface area contributed by atoms with Gasteiger partial charge in [-0.2, -0.15) is 12.6 Å². The molecule has 35 nitrogen and oxygen atoms in total. The number of aromatic nitrogens is 1. The minimum atomic E-state index is -1.81. The Hall–Kier alpha value is -8.87. The number of carbonyl (C=O) groups is 12. The average molecular weight is 1460 g/mol. The molecule has 0 unspecified atom stereocenters. The molecule has 1 aliphatic rings. The summed E-state index contributed by atoms with van der Waals surface area (Å²) >= 11 is 4.26. The molecule has 0 saturated carbocycles. The molecule has 572 valence electrons. The second kappa shape index (κ2) is 44.5. The minimum absolute atomic E-state index is 0.0310. The SMILES string of the molecule is CC[C@H](C)[C@H](N)C(=O)N[C@@H](CC(C)C)C(=O)N[C@@H](CCCN=C(N)N)C(=O)N[C@@H](Cc1c[nH]c2ccccc12)C(=O)N[C@@H](CO)C(=O)N[C@@H](CCCN=C(N)N)C(=O)N[C@@H](CCCCN)C(=O)N[C@@H](CC(C)C)C(=O)N1CCC[C@H]1C(=O)N[C@@H](CS)C(=O)N[C@H](C(=O)N[C@@H](CO)C(=O)O)C(C)C. The number of carbonyl (C=O) groups excluding carboxylic acids is 11. The lowest BCUT2D eigenvalue weighted by atomic mass is 9.97. The highest BCUT2D eigenvalue weighted by molar-refractivity contribution is 7.80. The van der Waals surface area contributed by atoms with Gasteiger partial charge in [-0.1, -0.05) is 80.0 Å². The number of carboxylic acids is 1. The molecule has 11 amide bonds. The van der Waals surface area contributed by atoms with Crippen LogP contribution in [-0.4, -0.2) is 226 Å². The number of thiol groups is 1. The lowest BCUT2D eigenvalue weighted by molar-refractivity contribution is -0.144. The van der Waals surface area contributed by atoms with Crippen molar-refractivity contribution in [2.75, 3.05) is 45.1 Å². The van der Waals surface area contributed by atoms with Crippen LogP contribution in [0.3, 0.4) is 0 Å². The van der Waals surface area contributed by atoms with E-state index < -0.39 is 163 Å². The van der Waals surface area contributed by atoms with Crippen molar-refractivity contribution in [3.8, 4) is 0 Å². The average Bonchev–Trinajstić information content (AvgIpc) is 1.63. The first-order valence-electron chi connectivity index (χ1n) is 34.7. The second-order valence-electron chi connectivity index (χ2n) is 26.8. The molecule has 2 heterocycles. The van der Waals surface area contributed by atoms with E-state index in [1.54, 1.807) is 65.1 Å². The van der Waals surface area contributed by atoms with Crippen LogP contribution in [0.4, 0.5) is 0 Å². The molecule has 1 aromatic carbocycles. The molecule has 0 bridgehead atoms. The van der Waals surface area contributed by atoms with Crippen LogP contribution in [0.15, 0.2) is 40.4 Å². The van der Waals surface area contributed by atoms with E-state index in [9.17, 15) is 72.9 Å². The van der Waals surface area contributed by atoms with Gasteiger partial charge in [0.1, 0.15) is 66.5 Å². The number of nitrogens with two attached hydrogens (primary N) is 6. The molecule has 102 heavy (non-hydrogen) atoms. The Morgan fingerprint density at radius 3 is 1.54 bits per heavy atom. The normalized spacial score (nSPS) is 16.4. The lowest BCUT2D eigenvalue weighted by Crippen LogP contribution is -2.61. The first-order chi connectivity index (χ1) is 48.2. The number of aliphatic imine (C=N–C) groups is 2.